The maximum Gasteiger partial charge on any atom is 0.312 e. The van der Waals surface area contributed by atoms with Gasteiger partial charge in [0.2, 0.25) is 5.91 Å². The van der Waals surface area contributed by atoms with Gasteiger partial charge in [-0.05, 0) is 42.3 Å². The molecule has 5 nitrogen and oxygen atoms in total. The smallest absolute Gasteiger partial charge is 0.312 e. The van der Waals surface area contributed by atoms with Gasteiger partial charge in [0.1, 0.15) is 0 Å². The first-order valence-electron chi connectivity index (χ1n) is 7.22. The summed E-state index contributed by atoms with van der Waals surface area (Å²) in [5, 5.41) is 6.31. The van der Waals surface area contributed by atoms with Crippen LogP contribution < -0.4 is 16.4 Å². The second-order valence-electron chi connectivity index (χ2n) is 5.35. The lowest BCUT2D eigenvalue weighted by Gasteiger charge is -2.18. The first kappa shape index (κ1) is 18.1. The number of rotatable bonds is 5. The molecule has 0 aliphatic rings. The largest absolute Gasteiger partial charge is 0.352 e. The fraction of sp³-hybridized carbons (Fsp3) is 0.176. The average Bonchev–Trinajstić information content (AvgIpc) is 2.50. The van der Waals surface area contributed by atoms with Gasteiger partial charge in [0.15, 0.2) is 0 Å². The van der Waals surface area contributed by atoms with E-state index in [1.54, 1.807) is 36.4 Å². The number of benzene rings is 2. The van der Waals surface area contributed by atoms with E-state index in [0.717, 1.165) is 11.1 Å². The van der Waals surface area contributed by atoms with Gasteiger partial charge in [0.05, 0.1) is 23.2 Å². The van der Waals surface area contributed by atoms with Gasteiger partial charge >= 0.3 is 6.03 Å². The number of carbonyl (C=O) groups excluding carboxylic acids is 2. The van der Waals surface area contributed by atoms with Crippen LogP contribution in [-0.2, 0) is 4.79 Å². The maximum absolute atomic E-state index is 12.3. The third kappa shape index (κ3) is 5.15. The van der Waals surface area contributed by atoms with E-state index in [-0.39, 0.29) is 12.3 Å². The average molecular weight is 366 g/mol. The lowest BCUT2D eigenvalue weighted by molar-refractivity contribution is -0.116. The molecule has 2 rings (SSSR count). The first-order valence-corrected chi connectivity index (χ1v) is 7.98. The molecule has 1 unspecified atom stereocenters. The molecule has 4 N–H and O–H groups in total. The number of nitrogens with two attached hydrogens (primary N) is 1. The van der Waals surface area contributed by atoms with E-state index in [0.29, 0.717) is 15.7 Å². The molecule has 0 aliphatic heterocycles. The van der Waals surface area contributed by atoms with Crippen LogP contribution in [0.5, 0.6) is 0 Å². The topological polar surface area (TPSA) is 84.2 Å². The van der Waals surface area contributed by atoms with Crippen molar-refractivity contribution in [1.82, 2.24) is 5.32 Å². The molecule has 0 aromatic heterocycles. The Morgan fingerprint density at radius 3 is 2.38 bits per heavy atom. The lowest BCUT2D eigenvalue weighted by atomic mass is 10.0. The number of hydrogen-bond acceptors (Lipinski definition) is 2. The van der Waals surface area contributed by atoms with Crippen molar-refractivity contribution in [2.45, 2.75) is 19.4 Å². The van der Waals surface area contributed by atoms with E-state index in [1.165, 1.54) is 0 Å². The second kappa shape index (κ2) is 8.04. The molecule has 1 atom stereocenters. The first-order chi connectivity index (χ1) is 11.3. The third-order valence-electron chi connectivity index (χ3n) is 3.38. The standard InChI is InChI=1S/C17H17Cl2N3O2/c1-10-2-7-14(13(19)8-10)21-16(23)9-15(22-17(20)24)11-3-5-12(18)6-4-11/h2-8,15H,9H2,1H3,(H,21,23)(H3,20,22,24). The molecule has 7 heteroatoms. The van der Waals surface area contributed by atoms with Crippen LogP contribution >= 0.6 is 23.2 Å². The molecule has 0 bridgehead atoms. The predicted molar refractivity (Wildman–Crippen MR) is 96.3 cm³/mol. The number of halogens is 2. The minimum absolute atomic E-state index is 0.00871. The Morgan fingerprint density at radius 2 is 1.79 bits per heavy atom. The van der Waals surface area contributed by atoms with Crippen LogP contribution in [0.3, 0.4) is 0 Å². The summed E-state index contributed by atoms with van der Waals surface area (Å²) in [7, 11) is 0. The molecule has 24 heavy (non-hydrogen) atoms. The van der Waals surface area contributed by atoms with Crippen LogP contribution in [0, 0.1) is 6.92 Å². The fourth-order valence-corrected chi connectivity index (χ4v) is 2.64. The van der Waals surface area contributed by atoms with E-state index in [2.05, 4.69) is 10.6 Å². The molecule has 0 radical (unpaired) electrons. The quantitative estimate of drug-likeness (QED) is 0.746. The Balaban J connectivity index is 2.12. The summed E-state index contributed by atoms with van der Waals surface area (Å²) in [5.74, 6) is -0.297. The molecule has 2 aromatic rings. The van der Waals surface area contributed by atoms with Crippen molar-refractivity contribution in [3.8, 4) is 0 Å². The molecular weight excluding hydrogens is 349 g/mol. The van der Waals surface area contributed by atoms with Gasteiger partial charge in [-0.25, -0.2) is 4.79 Å². The monoisotopic (exact) mass is 365 g/mol. The number of anilines is 1. The van der Waals surface area contributed by atoms with Gasteiger partial charge < -0.3 is 16.4 Å². The van der Waals surface area contributed by atoms with Crippen molar-refractivity contribution in [1.29, 1.82) is 0 Å². The van der Waals surface area contributed by atoms with Crippen LogP contribution in [0.2, 0.25) is 10.0 Å². The van der Waals surface area contributed by atoms with Crippen molar-refractivity contribution in [2.75, 3.05) is 5.32 Å². The number of hydrogen-bond donors (Lipinski definition) is 3. The predicted octanol–water partition coefficient (Wildman–Crippen LogP) is 4.04. The van der Waals surface area contributed by atoms with Crippen molar-refractivity contribution < 1.29 is 9.59 Å². The van der Waals surface area contributed by atoms with Gasteiger partial charge in [-0.3, -0.25) is 4.79 Å². The molecule has 0 saturated heterocycles. The molecule has 3 amide bonds. The summed E-state index contributed by atoms with van der Waals surface area (Å²) < 4.78 is 0. The van der Waals surface area contributed by atoms with E-state index in [1.807, 2.05) is 13.0 Å². The van der Waals surface area contributed by atoms with E-state index >= 15 is 0 Å². The SMILES string of the molecule is Cc1ccc(NC(=O)CC(NC(N)=O)c2ccc(Cl)cc2)c(Cl)c1. The van der Waals surface area contributed by atoms with Gasteiger partial charge in [0, 0.05) is 5.02 Å². The second-order valence-corrected chi connectivity index (χ2v) is 6.19. The number of amides is 3. The summed E-state index contributed by atoms with van der Waals surface area (Å²) >= 11 is 12.0. The number of nitrogens with one attached hydrogen (secondary N) is 2. The maximum atomic E-state index is 12.3. The zero-order chi connectivity index (χ0) is 17.7. The van der Waals surface area contributed by atoms with Crippen molar-refractivity contribution in [3.05, 3.63) is 63.6 Å². The van der Waals surface area contributed by atoms with Gasteiger partial charge in [-0.15, -0.1) is 0 Å². The van der Waals surface area contributed by atoms with Crippen molar-refractivity contribution in [2.24, 2.45) is 5.73 Å². The molecule has 0 aliphatic carbocycles. The molecule has 126 valence electrons. The van der Waals surface area contributed by atoms with Crippen molar-refractivity contribution >= 4 is 40.8 Å². The number of urea groups is 1. The Morgan fingerprint density at radius 1 is 1.12 bits per heavy atom. The van der Waals surface area contributed by atoms with E-state index < -0.39 is 12.1 Å². The number of carbonyl (C=O) groups is 2. The van der Waals surface area contributed by atoms with Crippen LogP contribution in [0.1, 0.15) is 23.6 Å². The number of primary amides is 1. The normalized spacial score (nSPS) is 11.6. The van der Waals surface area contributed by atoms with E-state index in [9.17, 15) is 9.59 Å². The molecule has 0 saturated carbocycles. The van der Waals surface area contributed by atoms with Crippen LogP contribution in [0.15, 0.2) is 42.5 Å². The van der Waals surface area contributed by atoms with Crippen molar-refractivity contribution in [3.63, 3.8) is 0 Å². The van der Waals surface area contributed by atoms with Gasteiger partial charge in [-0.2, -0.15) is 0 Å². The Hall–Kier alpha value is -2.24. The Bertz CT molecular complexity index is 748. The highest BCUT2D eigenvalue weighted by Crippen LogP contribution is 2.24. The minimum Gasteiger partial charge on any atom is -0.352 e. The molecule has 2 aromatic carbocycles. The third-order valence-corrected chi connectivity index (χ3v) is 3.94. The van der Waals surface area contributed by atoms with Crippen LogP contribution in [-0.4, -0.2) is 11.9 Å². The summed E-state index contributed by atoms with van der Waals surface area (Å²) in [4.78, 5) is 23.5. The fourth-order valence-electron chi connectivity index (χ4n) is 2.23. The summed E-state index contributed by atoms with van der Waals surface area (Å²) in [6, 6.07) is 10.9. The van der Waals surface area contributed by atoms with Gasteiger partial charge in [0.25, 0.3) is 0 Å². The summed E-state index contributed by atoms with van der Waals surface area (Å²) in [6.07, 6.45) is 0.00871. The summed E-state index contributed by atoms with van der Waals surface area (Å²) in [6.45, 7) is 1.91. The highest BCUT2D eigenvalue weighted by Gasteiger charge is 2.18. The van der Waals surface area contributed by atoms with Gasteiger partial charge in [-0.1, -0.05) is 41.4 Å². The number of aryl methyl sites for hydroxylation is 1. The lowest BCUT2D eigenvalue weighted by Crippen LogP contribution is -2.35. The molecule has 0 spiro atoms. The summed E-state index contributed by atoms with van der Waals surface area (Å²) in [5.41, 5.74) is 7.43. The highest BCUT2D eigenvalue weighted by molar-refractivity contribution is 6.33. The van der Waals surface area contributed by atoms with E-state index in [4.69, 9.17) is 28.9 Å². The zero-order valence-electron chi connectivity index (χ0n) is 13.0. The highest BCUT2D eigenvalue weighted by atomic mass is 35.5. The minimum atomic E-state index is -0.712. The molecule has 0 heterocycles. The van der Waals surface area contributed by atoms with Crippen LogP contribution in [0.4, 0.5) is 10.5 Å². The molecular formula is C17H17Cl2N3O2. The Kier molecular flexibility index (Phi) is 6.06. The van der Waals surface area contributed by atoms with Crippen LogP contribution in [0.25, 0.3) is 0 Å². The zero-order valence-corrected chi connectivity index (χ0v) is 14.5. The molecule has 0 fully saturated rings. The Labute approximate surface area is 150 Å².